The molecule has 21 heavy (non-hydrogen) atoms. The van der Waals surface area contributed by atoms with Gasteiger partial charge in [-0.25, -0.2) is 4.79 Å². The molecule has 2 heterocycles. The summed E-state index contributed by atoms with van der Waals surface area (Å²) in [5.74, 6) is -0.440. The lowest BCUT2D eigenvalue weighted by atomic mass is 10.0. The Morgan fingerprint density at radius 2 is 2.24 bits per heavy atom. The molecule has 1 fully saturated rings. The SMILES string of the molecule is CCOC(=O)c1cc(CC)sc1NC(=O)[C@H]1CCCCN1. The van der Waals surface area contributed by atoms with E-state index in [-0.39, 0.29) is 17.9 Å². The smallest absolute Gasteiger partial charge is 0.341 e. The molecular formula is C15H22N2O3S. The molecule has 1 aliphatic rings. The Labute approximate surface area is 129 Å². The number of rotatable bonds is 5. The zero-order valence-electron chi connectivity index (χ0n) is 12.5. The van der Waals surface area contributed by atoms with Gasteiger partial charge in [-0.2, -0.15) is 0 Å². The molecule has 0 aromatic carbocycles. The third kappa shape index (κ3) is 4.04. The highest BCUT2D eigenvalue weighted by Gasteiger charge is 2.24. The number of esters is 1. The highest BCUT2D eigenvalue weighted by molar-refractivity contribution is 7.16. The fraction of sp³-hybridized carbons (Fsp3) is 0.600. The molecule has 0 bridgehead atoms. The molecule has 6 heteroatoms. The van der Waals surface area contributed by atoms with E-state index < -0.39 is 0 Å². The lowest BCUT2D eigenvalue weighted by Crippen LogP contribution is -2.43. The number of nitrogens with one attached hydrogen (secondary N) is 2. The Morgan fingerprint density at radius 3 is 2.86 bits per heavy atom. The highest BCUT2D eigenvalue weighted by Crippen LogP contribution is 2.29. The van der Waals surface area contributed by atoms with Crippen LogP contribution in [0.4, 0.5) is 5.00 Å². The zero-order chi connectivity index (χ0) is 15.2. The monoisotopic (exact) mass is 310 g/mol. The molecule has 116 valence electrons. The molecule has 0 aliphatic carbocycles. The lowest BCUT2D eigenvalue weighted by molar-refractivity contribution is -0.118. The van der Waals surface area contributed by atoms with E-state index in [1.165, 1.54) is 11.3 Å². The van der Waals surface area contributed by atoms with E-state index in [0.29, 0.717) is 17.2 Å². The molecule has 1 saturated heterocycles. The van der Waals surface area contributed by atoms with E-state index in [2.05, 4.69) is 10.6 Å². The second kappa shape index (κ2) is 7.56. The summed E-state index contributed by atoms with van der Waals surface area (Å²) in [5, 5.41) is 6.70. The normalized spacial score (nSPS) is 18.3. The van der Waals surface area contributed by atoms with Crippen LogP contribution >= 0.6 is 11.3 Å². The minimum absolute atomic E-state index is 0.0650. The van der Waals surface area contributed by atoms with Gasteiger partial charge in [-0.15, -0.1) is 11.3 Å². The predicted octanol–water partition coefficient (Wildman–Crippen LogP) is 2.57. The maximum Gasteiger partial charge on any atom is 0.341 e. The Balaban J connectivity index is 2.12. The number of piperidine rings is 1. The van der Waals surface area contributed by atoms with Crippen LogP contribution in [0.1, 0.15) is 48.3 Å². The van der Waals surface area contributed by atoms with E-state index in [1.54, 1.807) is 6.92 Å². The van der Waals surface area contributed by atoms with Crippen molar-refractivity contribution in [2.24, 2.45) is 0 Å². The van der Waals surface area contributed by atoms with Crippen LogP contribution in [0.25, 0.3) is 0 Å². The van der Waals surface area contributed by atoms with Crippen LogP contribution in [-0.2, 0) is 16.0 Å². The van der Waals surface area contributed by atoms with Gasteiger partial charge in [-0.05, 0) is 38.8 Å². The largest absolute Gasteiger partial charge is 0.462 e. The molecule has 5 nitrogen and oxygen atoms in total. The van der Waals surface area contributed by atoms with Crippen LogP contribution in [0.15, 0.2) is 6.07 Å². The summed E-state index contributed by atoms with van der Waals surface area (Å²) in [4.78, 5) is 25.3. The Hall–Kier alpha value is -1.40. The van der Waals surface area contributed by atoms with Crippen LogP contribution in [0.5, 0.6) is 0 Å². The van der Waals surface area contributed by atoms with Crippen molar-refractivity contribution >= 4 is 28.2 Å². The van der Waals surface area contributed by atoms with Crippen LogP contribution < -0.4 is 10.6 Å². The fourth-order valence-electron chi connectivity index (χ4n) is 2.34. The summed E-state index contributed by atoms with van der Waals surface area (Å²) >= 11 is 1.45. The number of anilines is 1. The van der Waals surface area contributed by atoms with Gasteiger partial charge in [0.15, 0.2) is 0 Å². The van der Waals surface area contributed by atoms with Gasteiger partial charge in [-0.3, -0.25) is 4.79 Å². The molecule has 0 spiro atoms. The van der Waals surface area contributed by atoms with E-state index in [1.807, 2.05) is 13.0 Å². The Bertz CT molecular complexity index is 507. The van der Waals surface area contributed by atoms with Gasteiger partial charge >= 0.3 is 5.97 Å². The number of carbonyl (C=O) groups excluding carboxylic acids is 2. The average molecular weight is 310 g/mol. The first-order valence-electron chi connectivity index (χ1n) is 7.49. The van der Waals surface area contributed by atoms with Crippen molar-refractivity contribution in [2.75, 3.05) is 18.5 Å². The molecule has 1 aromatic heterocycles. The van der Waals surface area contributed by atoms with Crippen molar-refractivity contribution in [3.05, 3.63) is 16.5 Å². The summed E-state index contributed by atoms with van der Waals surface area (Å²) in [6.07, 6.45) is 3.83. The second-order valence-electron chi connectivity index (χ2n) is 5.02. The Morgan fingerprint density at radius 1 is 1.43 bits per heavy atom. The number of hydrogen-bond donors (Lipinski definition) is 2. The van der Waals surface area contributed by atoms with Crippen molar-refractivity contribution in [1.82, 2.24) is 5.32 Å². The molecule has 1 amide bonds. The molecular weight excluding hydrogens is 288 g/mol. The minimum Gasteiger partial charge on any atom is -0.462 e. The summed E-state index contributed by atoms with van der Waals surface area (Å²) in [7, 11) is 0. The summed E-state index contributed by atoms with van der Waals surface area (Å²) in [5.41, 5.74) is 0.461. The third-order valence-corrected chi connectivity index (χ3v) is 4.69. The van der Waals surface area contributed by atoms with Gasteiger partial charge in [0, 0.05) is 4.88 Å². The van der Waals surface area contributed by atoms with Crippen LogP contribution in [0.2, 0.25) is 0 Å². The molecule has 1 aliphatic heterocycles. The summed E-state index contributed by atoms with van der Waals surface area (Å²) in [6.45, 7) is 4.99. The van der Waals surface area contributed by atoms with Crippen molar-refractivity contribution < 1.29 is 14.3 Å². The van der Waals surface area contributed by atoms with Crippen LogP contribution in [-0.4, -0.2) is 31.1 Å². The van der Waals surface area contributed by atoms with Crippen molar-refractivity contribution in [2.45, 2.75) is 45.6 Å². The van der Waals surface area contributed by atoms with Gasteiger partial charge in [0.1, 0.15) is 5.00 Å². The topological polar surface area (TPSA) is 67.4 Å². The van der Waals surface area contributed by atoms with Gasteiger partial charge in [0.2, 0.25) is 5.91 Å². The third-order valence-electron chi connectivity index (χ3n) is 3.49. The van der Waals surface area contributed by atoms with Gasteiger partial charge in [0.25, 0.3) is 0 Å². The molecule has 0 unspecified atom stereocenters. The number of thiophene rings is 1. The fourth-order valence-corrected chi connectivity index (χ4v) is 3.33. The molecule has 2 rings (SSSR count). The Kier molecular flexibility index (Phi) is 5.76. The maximum absolute atomic E-state index is 12.3. The number of aryl methyl sites for hydroxylation is 1. The molecule has 0 saturated carbocycles. The molecule has 2 N–H and O–H groups in total. The highest BCUT2D eigenvalue weighted by atomic mass is 32.1. The first-order valence-corrected chi connectivity index (χ1v) is 8.31. The van der Waals surface area contributed by atoms with Gasteiger partial charge in [0.05, 0.1) is 18.2 Å². The maximum atomic E-state index is 12.3. The van der Waals surface area contributed by atoms with Crippen molar-refractivity contribution in [3.8, 4) is 0 Å². The predicted molar refractivity (Wildman–Crippen MR) is 83.9 cm³/mol. The molecule has 0 radical (unpaired) electrons. The quantitative estimate of drug-likeness (QED) is 0.820. The van der Waals surface area contributed by atoms with E-state index in [9.17, 15) is 9.59 Å². The van der Waals surface area contributed by atoms with Crippen LogP contribution in [0, 0.1) is 0 Å². The first kappa shape index (κ1) is 16.0. The van der Waals surface area contributed by atoms with E-state index in [0.717, 1.165) is 37.1 Å². The zero-order valence-corrected chi connectivity index (χ0v) is 13.3. The molecule has 1 atom stereocenters. The van der Waals surface area contributed by atoms with Crippen molar-refractivity contribution in [1.29, 1.82) is 0 Å². The van der Waals surface area contributed by atoms with Crippen LogP contribution in [0.3, 0.4) is 0 Å². The van der Waals surface area contributed by atoms with E-state index >= 15 is 0 Å². The standard InChI is InChI=1S/C15H22N2O3S/c1-3-10-9-11(15(19)20-4-2)14(21-10)17-13(18)12-7-5-6-8-16-12/h9,12,16H,3-8H2,1-2H3,(H,17,18)/t12-/m1/s1. The number of amides is 1. The lowest BCUT2D eigenvalue weighted by Gasteiger charge is -2.22. The number of carbonyl (C=O) groups is 2. The average Bonchev–Trinajstić information content (AvgIpc) is 2.91. The van der Waals surface area contributed by atoms with E-state index in [4.69, 9.17) is 4.74 Å². The number of ether oxygens (including phenoxy) is 1. The van der Waals surface area contributed by atoms with Gasteiger partial charge in [-0.1, -0.05) is 13.3 Å². The molecule has 1 aromatic rings. The first-order chi connectivity index (χ1) is 10.2. The summed E-state index contributed by atoms with van der Waals surface area (Å²) in [6, 6.07) is 1.65. The van der Waals surface area contributed by atoms with Gasteiger partial charge < -0.3 is 15.4 Å². The number of hydrogen-bond acceptors (Lipinski definition) is 5. The summed E-state index contributed by atoms with van der Waals surface area (Å²) < 4.78 is 5.05. The second-order valence-corrected chi connectivity index (χ2v) is 6.16. The minimum atomic E-state index is -0.375. The van der Waals surface area contributed by atoms with Crippen molar-refractivity contribution in [3.63, 3.8) is 0 Å².